The molecule has 0 aromatic heterocycles. The summed E-state index contributed by atoms with van der Waals surface area (Å²) in [5.41, 5.74) is -1.55. The number of hydrogen-bond acceptors (Lipinski definition) is 4. The molecule has 0 fully saturated rings. The van der Waals surface area contributed by atoms with Crippen molar-refractivity contribution in [1.29, 1.82) is 10.5 Å². The Morgan fingerprint density at radius 1 is 1.24 bits per heavy atom. The van der Waals surface area contributed by atoms with Crippen LogP contribution >= 0.6 is 0 Å². The lowest BCUT2D eigenvalue weighted by atomic mass is 9.71. The van der Waals surface area contributed by atoms with Gasteiger partial charge in [-0.1, -0.05) is 37.3 Å². The highest BCUT2D eigenvalue weighted by molar-refractivity contribution is 5.82. The SMILES string of the molecule is CCC(C#N)(C(=O)OC(C)(C)C)C(C#N)c1ccccc1. The molecule has 0 aliphatic heterocycles. The number of nitriles is 2. The van der Waals surface area contributed by atoms with Crippen molar-refractivity contribution in [2.75, 3.05) is 0 Å². The fourth-order valence-electron chi connectivity index (χ4n) is 2.14. The molecule has 0 bridgehead atoms. The number of nitrogens with zero attached hydrogens (tertiary/aromatic N) is 2. The minimum Gasteiger partial charge on any atom is -0.459 e. The van der Waals surface area contributed by atoms with Gasteiger partial charge in [0.2, 0.25) is 0 Å². The highest BCUT2D eigenvalue weighted by atomic mass is 16.6. The van der Waals surface area contributed by atoms with E-state index in [9.17, 15) is 15.3 Å². The summed E-state index contributed by atoms with van der Waals surface area (Å²) in [4.78, 5) is 12.5. The average molecular weight is 284 g/mol. The predicted octanol–water partition coefficient (Wildman–Crippen LogP) is 3.56. The third-order valence-electron chi connectivity index (χ3n) is 3.28. The van der Waals surface area contributed by atoms with Gasteiger partial charge in [0.25, 0.3) is 0 Å². The third kappa shape index (κ3) is 3.61. The monoisotopic (exact) mass is 284 g/mol. The van der Waals surface area contributed by atoms with E-state index in [-0.39, 0.29) is 6.42 Å². The molecule has 2 unspecified atom stereocenters. The van der Waals surface area contributed by atoms with Crippen LogP contribution in [0, 0.1) is 28.1 Å². The summed E-state index contributed by atoms with van der Waals surface area (Å²) in [5, 5.41) is 19.1. The minimum atomic E-state index is -1.50. The zero-order valence-electron chi connectivity index (χ0n) is 12.9. The predicted molar refractivity (Wildman–Crippen MR) is 79.0 cm³/mol. The number of hydrogen-bond donors (Lipinski definition) is 0. The molecule has 0 spiro atoms. The van der Waals surface area contributed by atoms with Gasteiger partial charge in [-0.25, -0.2) is 0 Å². The number of benzene rings is 1. The molecular formula is C17H20N2O2. The maximum Gasteiger partial charge on any atom is 0.328 e. The lowest BCUT2D eigenvalue weighted by Crippen LogP contribution is -2.40. The van der Waals surface area contributed by atoms with Crippen molar-refractivity contribution in [1.82, 2.24) is 0 Å². The Bertz CT molecular complexity index is 576. The van der Waals surface area contributed by atoms with Crippen molar-refractivity contribution in [3.63, 3.8) is 0 Å². The highest BCUT2D eigenvalue weighted by Crippen LogP contribution is 2.40. The Balaban J connectivity index is 3.30. The van der Waals surface area contributed by atoms with E-state index in [1.807, 2.05) is 12.1 Å². The molecule has 1 rings (SSSR count). The Morgan fingerprint density at radius 3 is 2.19 bits per heavy atom. The molecule has 0 aliphatic carbocycles. The van der Waals surface area contributed by atoms with Gasteiger partial charge in [0.05, 0.1) is 12.1 Å². The summed E-state index contributed by atoms with van der Waals surface area (Å²) < 4.78 is 5.38. The molecule has 1 aromatic carbocycles. The van der Waals surface area contributed by atoms with Gasteiger partial charge in [-0.15, -0.1) is 0 Å². The summed E-state index contributed by atoms with van der Waals surface area (Å²) in [6.45, 7) is 6.95. The van der Waals surface area contributed by atoms with E-state index in [0.29, 0.717) is 5.56 Å². The van der Waals surface area contributed by atoms with E-state index in [1.165, 1.54) is 0 Å². The van der Waals surface area contributed by atoms with Gasteiger partial charge in [-0.2, -0.15) is 10.5 Å². The molecule has 110 valence electrons. The van der Waals surface area contributed by atoms with Crippen LogP contribution in [0.15, 0.2) is 30.3 Å². The molecule has 0 aliphatic rings. The molecule has 0 N–H and O–H groups in total. The smallest absolute Gasteiger partial charge is 0.328 e. The van der Waals surface area contributed by atoms with E-state index in [2.05, 4.69) is 6.07 Å². The summed E-state index contributed by atoms with van der Waals surface area (Å²) in [5.74, 6) is -1.50. The highest BCUT2D eigenvalue weighted by Gasteiger charge is 2.48. The molecule has 21 heavy (non-hydrogen) atoms. The first-order valence-electron chi connectivity index (χ1n) is 6.90. The first kappa shape index (κ1) is 16.7. The first-order chi connectivity index (χ1) is 9.80. The Kier molecular flexibility index (Phi) is 5.11. The molecule has 2 atom stereocenters. The van der Waals surface area contributed by atoms with Crippen LogP contribution in [-0.2, 0) is 9.53 Å². The average Bonchev–Trinajstić information content (AvgIpc) is 2.43. The van der Waals surface area contributed by atoms with Crippen LogP contribution in [0.3, 0.4) is 0 Å². The second kappa shape index (κ2) is 6.41. The van der Waals surface area contributed by atoms with E-state index < -0.39 is 22.9 Å². The topological polar surface area (TPSA) is 73.9 Å². The lowest BCUT2D eigenvalue weighted by Gasteiger charge is -2.31. The number of esters is 1. The summed E-state index contributed by atoms with van der Waals surface area (Å²) in [6.07, 6.45) is 0.214. The van der Waals surface area contributed by atoms with Crippen LogP contribution in [0.25, 0.3) is 0 Å². The second-order valence-corrected chi connectivity index (χ2v) is 5.91. The second-order valence-electron chi connectivity index (χ2n) is 5.91. The molecule has 0 amide bonds. The molecule has 4 heteroatoms. The first-order valence-corrected chi connectivity index (χ1v) is 6.90. The molecule has 0 radical (unpaired) electrons. The molecule has 1 aromatic rings. The van der Waals surface area contributed by atoms with Gasteiger partial charge >= 0.3 is 5.97 Å². The molecule has 4 nitrogen and oxygen atoms in total. The summed E-state index contributed by atoms with van der Waals surface area (Å²) >= 11 is 0. The lowest BCUT2D eigenvalue weighted by molar-refractivity contribution is -0.165. The van der Waals surface area contributed by atoms with Crippen molar-refractivity contribution in [2.24, 2.45) is 5.41 Å². The fraction of sp³-hybridized carbons (Fsp3) is 0.471. The maximum atomic E-state index is 12.5. The summed E-state index contributed by atoms with van der Waals surface area (Å²) in [6, 6.07) is 13.0. The number of carbonyl (C=O) groups excluding carboxylic acids is 1. The van der Waals surface area contributed by atoms with Crippen LogP contribution in [0.1, 0.15) is 45.6 Å². The molecular weight excluding hydrogens is 264 g/mol. The van der Waals surface area contributed by atoms with Crippen LogP contribution in [-0.4, -0.2) is 11.6 Å². The van der Waals surface area contributed by atoms with E-state index in [4.69, 9.17) is 4.74 Å². The van der Waals surface area contributed by atoms with Gasteiger partial charge in [-0.3, -0.25) is 4.79 Å². The van der Waals surface area contributed by atoms with Crippen molar-refractivity contribution in [3.8, 4) is 12.1 Å². The van der Waals surface area contributed by atoms with Gasteiger partial charge in [0.1, 0.15) is 11.5 Å². The van der Waals surface area contributed by atoms with E-state index in [0.717, 1.165) is 0 Å². The Labute approximate surface area is 126 Å². The van der Waals surface area contributed by atoms with Crippen LogP contribution < -0.4 is 0 Å². The third-order valence-corrected chi connectivity index (χ3v) is 3.28. The van der Waals surface area contributed by atoms with Crippen molar-refractivity contribution < 1.29 is 9.53 Å². The largest absolute Gasteiger partial charge is 0.459 e. The standard InChI is InChI=1S/C17H20N2O2/c1-5-17(12-19,15(20)21-16(2,3)4)14(11-18)13-9-7-6-8-10-13/h6-10,14H,5H2,1-4H3. The number of ether oxygens (including phenoxy) is 1. The quantitative estimate of drug-likeness (QED) is 0.792. The number of carbonyl (C=O) groups is 1. The normalized spacial score (nSPS) is 15.1. The van der Waals surface area contributed by atoms with Gasteiger partial charge in [0, 0.05) is 0 Å². The maximum absolute atomic E-state index is 12.5. The Morgan fingerprint density at radius 2 is 1.81 bits per heavy atom. The molecule has 0 heterocycles. The van der Waals surface area contributed by atoms with Crippen molar-refractivity contribution >= 4 is 5.97 Å². The summed E-state index contributed by atoms with van der Waals surface area (Å²) in [7, 11) is 0. The molecule has 0 saturated heterocycles. The van der Waals surface area contributed by atoms with Gasteiger partial charge < -0.3 is 4.74 Å². The van der Waals surface area contributed by atoms with E-state index in [1.54, 1.807) is 52.0 Å². The van der Waals surface area contributed by atoms with Crippen LogP contribution in [0.4, 0.5) is 0 Å². The number of rotatable bonds is 4. The fourth-order valence-corrected chi connectivity index (χ4v) is 2.14. The van der Waals surface area contributed by atoms with Crippen molar-refractivity contribution in [3.05, 3.63) is 35.9 Å². The van der Waals surface area contributed by atoms with Gasteiger partial charge in [0.15, 0.2) is 5.41 Å². The van der Waals surface area contributed by atoms with E-state index >= 15 is 0 Å². The zero-order chi connectivity index (χ0) is 16.1. The zero-order valence-corrected chi connectivity index (χ0v) is 12.9. The van der Waals surface area contributed by atoms with Gasteiger partial charge in [-0.05, 0) is 32.8 Å². The van der Waals surface area contributed by atoms with Crippen LogP contribution in [0.5, 0.6) is 0 Å². The van der Waals surface area contributed by atoms with Crippen molar-refractivity contribution in [2.45, 2.75) is 45.6 Å². The molecule has 0 saturated carbocycles. The Hall–Kier alpha value is -2.33. The van der Waals surface area contributed by atoms with Crippen LogP contribution in [0.2, 0.25) is 0 Å². The minimum absolute atomic E-state index is 0.214.